The minimum atomic E-state index is 0.439. The Labute approximate surface area is 108 Å². The molecule has 0 saturated carbocycles. The molecule has 1 aromatic heterocycles. The molecule has 0 spiro atoms. The number of hydrogen-bond donors (Lipinski definition) is 1. The van der Waals surface area contributed by atoms with Gasteiger partial charge in [0.15, 0.2) is 0 Å². The van der Waals surface area contributed by atoms with Gasteiger partial charge in [-0.05, 0) is 26.5 Å². The lowest BCUT2D eigenvalue weighted by molar-refractivity contribution is 0.325. The van der Waals surface area contributed by atoms with Crippen LogP contribution < -0.4 is 10.1 Å². The SMILES string of the molecule is CCOc1cc(NC(CC)CSC)nc(C)n1. The summed E-state index contributed by atoms with van der Waals surface area (Å²) in [4.78, 5) is 8.60. The Hall–Kier alpha value is -0.970. The van der Waals surface area contributed by atoms with Crippen LogP contribution in [0, 0.1) is 6.92 Å². The van der Waals surface area contributed by atoms with E-state index >= 15 is 0 Å². The minimum Gasteiger partial charge on any atom is -0.478 e. The van der Waals surface area contributed by atoms with Gasteiger partial charge in [0.25, 0.3) is 0 Å². The molecule has 1 N–H and O–H groups in total. The predicted molar refractivity (Wildman–Crippen MR) is 74.0 cm³/mol. The maximum Gasteiger partial charge on any atom is 0.218 e. The van der Waals surface area contributed by atoms with Crippen molar-refractivity contribution in [3.63, 3.8) is 0 Å². The quantitative estimate of drug-likeness (QED) is 0.811. The van der Waals surface area contributed by atoms with Gasteiger partial charge in [0, 0.05) is 17.9 Å². The molecule has 1 heterocycles. The van der Waals surface area contributed by atoms with Gasteiger partial charge in [-0.15, -0.1) is 0 Å². The average molecular weight is 255 g/mol. The molecule has 0 aromatic carbocycles. The molecule has 0 fully saturated rings. The van der Waals surface area contributed by atoms with Gasteiger partial charge in [-0.25, -0.2) is 4.98 Å². The van der Waals surface area contributed by atoms with Crippen LogP contribution >= 0.6 is 11.8 Å². The molecule has 0 bridgehead atoms. The number of nitrogens with zero attached hydrogens (tertiary/aromatic N) is 2. The number of thioether (sulfide) groups is 1. The Kier molecular flexibility index (Phi) is 6.11. The number of anilines is 1. The Morgan fingerprint density at radius 1 is 1.41 bits per heavy atom. The maximum absolute atomic E-state index is 5.41. The first-order valence-electron chi connectivity index (χ1n) is 5.93. The molecule has 4 nitrogen and oxygen atoms in total. The molecule has 1 atom stereocenters. The minimum absolute atomic E-state index is 0.439. The highest BCUT2D eigenvalue weighted by atomic mass is 32.2. The fourth-order valence-electron chi connectivity index (χ4n) is 1.51. The monoisotopic (exact) mass is 255 g/mol. The molecule has 0 amide bonds. The van der Waals surface area contributed by atoms with Gasteiger partial charge < -0.3 is 10.1 Å². The predicted octanol–water partition coefficient (Wildman–Crippen LogP) is 2.74. The number of hydrogen-bond acceptors (Lipinski definition) is 5. The lowest BCUT2D eigenvalue weighted by Crippen LogP contribution is -2.22. The summed E-state index contributed by atoms with van der Waals surface area (Å²) in [7, 11) is 0. The molecule has 1 unspecified atom stereocenters. The van der Waals surface area contributed by atoms with Crippen LogP contribution in [0.4, 0.5) is 5.82 Å². The Balaban J connectivity index is 2.75. The van der Waals surface area contributed by atoms with E-state index in [1.54, 1.807) is 0 Å². The van der Waals surface area contributed by atoms with Gasteiger partial charge in [0.2, 0.25) is 5.88 Å². The van der Waals surface area contributed by atoms with Crippen molar-refractivity contribution in [3.05, 3.63) is 11.9 Å². The highest BCUT2D eigenvalue weighted by Gasteiger charge is 2.08. The Morgan fingerprint density at radius 2 is 2.18 bits per heavy atom. The summed E-state index contributed by atoms with van der Waals surface area (Å²) in [5.74, 6) is 3.30. The molecule has 0 aliphatic rings. The third-order valence-electron chi connectivity index (χ3n) is 2.32. The van der Waals surface area contributed by atoms with E-state index in [1.807, 2.05) is 31.7 Å². The second kappa shape index (κ2) is 7.37. The molecule has 0 aliphatic carbocycles. The van der Waals surface area contributed by atoms with Crippen molar-refractivity contribution in [1.29, 1.82) is 0 Å². The van der Waals surface area contributed by atoms with Crippen molar-refractivity contribution in [3.8, 4) is 5.88 Å². The van der Waals surface area contributed by atoms with Crippen LogP contribution in [-0.4, -0.2) is 34.6 Å². The molecule has 96 valence electrons. The molecule has 17 heavy (non-hydrogen) atoms. The first-order valence-corrected chi connectivity index (χ1v) is 7.32. The lowest BCUT2D eigenvalue weighted by atomic mass is 10.2. The van der Waals surface area contributed by atoms with E-state index in [0.717, 1.165) is 23.8 Å². The second-order valence-corrected chi connectivity index (χ2v) is 4.69. The molecule has 0 radical (unpaired) electrons. The van der Waals surface area contributed by atoms with Gasteiger partial charge in [0.05, 0.1) is 6.61 Å². The van der Waals surface area contributed by atoms with Crippen LogP contribution in [0.25, 0.3) is 0 Å². The molecule has 5 heteroatoms. The highest BCUT2D eigenvalue weighted by Crippen LogP contribution is 2.16. The highest BCUT2D eigenvalue weighted by molar-refractivity contribution is 7.98. The van der Waals surface area contributed by atoms with Crippen LogP contribution in [0.1, 0.15) is 26.1 Å². The number of rotatable bonds is 7. The zero-order valence-electron chi connectivity index (χ0n) is 11.0. The first kappa shape index (κ1) is 14.1. The molecular weight excluding hydrogens is 234 g/mol. The Morgan fingerprint density at radius 3 is 2.76 bits per heavy atom. The van der Waals surface area contributed by atoms with E-state index in [1.165, 1.54) is 0 Å². The second-order valence-electron chi connectivity index (χ2n) is 3.78. The first-order chi connectivity index (χ1) is 8.19. The number of aryl methyl sites for hydroxylation is 1. The van der Waals surface area contributed by atoms with E-state index in [9.17, 15) is 0 Å². The van der Waals surface area contributed by atoms with Crippen molar-refractivity contribution in [2.24, 2.45) is 0 Å². The van der Waals surface area contributed by atoms with Crippen molar-refractivity contribution >= 4 is 17.6 Å². The fourth-order valence-corrected chi connectivity index (χ4v) is 2.23. The van der Waals surface area contributed by atoms with E-state index in [4.69, 9.17) is 4.74 Å². The summed E-state index contributed by atoms with van der Waals surface area (Å²) >= 11 is 1.84. The van der Waals surface area contributed by atoms with Crippen LogP contribution in [0.15, 0.2) is 6.07 Å². The molecular formula is C12H21N3OS. The zero-order chi connectivity index (χ0) is 12.7. The smallest absolute Gasteiger partial charge is 0.218 e. The standard InChI is InChI=1S/C12H21N3OS/c1-5-10(8-17-4)15-11-7-12(16-6-2)14-9(3)13-11/h7,10H,5-6,8H2,1-4H3,(H,13,14,15). The largest absolute Gasteiger partial charge is 0.478 e. The Bertz CT molecular complexity index is 347. The molecule has 0 aliphatic heterocycles. The van der Waals surface area contributed by atoms with Gasteiger partial charge in [-0.1, -0.05) is 6.92 Å². The number of aromatic nitrogens is 2. The summed E-state index contributed by atoms with van der Waals surface area (Å²) in [5, 5.41) is 3.42. The van der Waals surface area contributed by atoms with Crippen molar-refractivity contribution in [1.82, 2.24) is 9.97 Å². The van der Waals surface area contributed by atoms with Gasteiger partial charge in [0.1, 0.15) is 11.6 Å². The molecule has 1 rings (SSSR count). The topological polar surface area (TPSA) is 47.0 Å². The number of ether oxygens (including phenoxy) is 1. The van der Waals surface area contributed by atoms with Crippen LogP contribution in [0.5, 0.6) is 5.88 Å². The van der Waals surface area contributed by atoms with Crippen molar-refractivity contribution in [2.75, 3.05) is 23.9 Å². The number of nitrogens with one attached hydrogen (secondary N) is 1. The third-order valence-corrected chi connectivity index (χ3v) is 3.06. The molecule has 0 saturated heterocycles. The van der Waals surface area contributed by atoms with E-state index < -0.39 is 0 Å². The maximum atomic E-state index is 5.41. The van der Waals surface area contributed by atoms with Crippen LogP contribution in [0.2, 0.25) is 0 Å². The summed E-state index contributed by atoms with van der Waals surface area (Å²) in [6.07, 6.45) is 3.19. The van der Waals surface area contributed by atoms with Crippen molar-refractivity contribution < 1.29 is 4.74 Å². The summed E-state index contributed by atoms with van der Waals surface area (Å²) in [6, 6.07) is 2.30. The third kappa shape index (κ3) is 4.81. The summed E-state index contributed by atoms with van der Waals surface area (Å²) in [5.41, 5.74) is 0. The summed E-state index contributed by atoms with van der Waals surface area (Å²) < 4.78 is 5.41. The van der Waals surface area contributed by atoms with E-state index in [2.05, 4.69) is 28.5 Å². The van der Waals surface area contributed by atoms with Gasteiger partial charge in [-0.3, -0.25) is 0 Å². The van der Waals surface area contributed by atoms with E-state index in [0.29, 0.717) is 18.5 Å². The normalized spacial score (nSPS) is 12.2. The van der Waals surface area contributed by atoms with Gasteiger partial charge >= 0.3 is 0 Å². The summed E-state index contributed by atoms with van der Waals surface area (Å²) in [6.45, 7) is 6.62. The van der Waals surface area contributed by atoms with Crippen LogP contribution in [0.3, 0.4) is 0 Å². The van der Waals surface area contributed by atoms with Crippen LogP contribution in [-0.2, 0) is 0 Å². The zero-order valence-corrected chi connectivity index (χ0v) is 11.8. The van der Waals surface area contributed by atoms with Crippen molar-refractivity contribution in [2.45, 2.75) is 33.2 Å². The lowest BCUT2D eigenvalue weighted by Gasteiger charge is -2.17. The fraction of sp³-hybridized carbons (Fsp3) is 0.667. The molecule has 1 aromatic rings. The van der Waals surface area contributed by atoms with Gasteiger partial charge in [-0.2, -0.15) is 16.7 Å². The van der Waals surface area contributed by atoms with E-state index in [-0.39, 0.29) is 0 Å². The average Bonchev–Trinajstić information content (AvgIpc) is 2.28.